The zero-order valence-electron chi connectivity index (χ0n) is 16.2. The lowest BCUT2D eigenvalue weighted by Crippen LogP contribution is -2.12. The van der Waals surface area contributed by atoms with Gasteiger partial charge >= 0.3 is 0 Å². The van der Waals surface area contributed by atoms with Crippen molar-refractivity contribution in [3.63, 3.8) is 0 Å². The van der Waals surface area contributed by atoms with Gasteiger partial charge in [0.2, 0.25) is 0 Å². The molecule has 4 rings (SSSR count). The molecule has 0 spiro atoms. The van der Waals surface area contributed by atoms with E-state index >= 15 is 0 Å². The van der Waals surface area contributed by atoms with Gasteiger partial charge in [-0.2, -0.15) is 0 Å². The van der Waals surface area contributed by atoms with Gasteiger partial charge in [-0.05, 0) is 65.2 Å². The van der Waals surface area contributed by atoms with Crippen molar-refractivity contribution in [2.24, 2.45) is 0 Å². The average molecular weight is 470 g/mol. The van der Waals surface area contributed by atoms with Crippen molar-refractivity contribution in [2.75, 3.05) is 5.32 Å². The van der Waals surface area contributed by atoms with E-state index in [1.165, 1.54) is 31.0 Å². The standard InChI is InChI=1S/C21H20BrN5O3/c22-17-11-8-15(13-18(17)27(29)30)21(28)23-16-9-6-14(7-10-16)20-25-24-19-5-3-1-2-4-12-26(19)20/h6-11,13H,1-5,12H2,(H,23,28). The number of benzene rings is 2. The lowest BCUT2D eigenvalue weighted by atomic mass is 10.1. The predicted octanol–water partition coefficient (Wildman–Crippen LogP) is 4.98. The highest BCUT2D eigenvalue weighted by Gasteiger charge is 2.17. The Morgan fingerprint density at radius 3 is 2.60 bits per heavy atom. The fraction of sp³-hybridized carbons (Fsp3) is 0.286. The van der Waals surface area contributed by atoms with E-state index in [-0.39, 0.29) is 11.3 Å². The molecule has 0 atom stereocenters. The molecule has 2 aromatic carbocycles. The topological polar surface area (TPSA) is 103 Å². The van der Waals surface area contributed by atoms with Gasteiger partial charge in [0, 0.05) is 35.8 Å². The minimum atomic E-state index is -0.529. The van der Waals surface area contributed by atoms with Crippen LogP contribution in [0.15, 0.2) is 46.9 Å². The molecule has 3 aromatic rings. The second kappa shape index (κ2) is 8.74. The molecule has 9 heteroatoms. The minimum Gasteiger partial charge on any atom is -0.322 e. The van der Waals surface area contributed by atoms with E-state index in [0.29, 0.717) is 10.2 Å². The summed E-state index contributed by atoms with van der Waals surface area (Å²) < 4.78 is 2.52. The Hall–Kier alpha value is -3.07. The molecule has 0 saturated heterocycles. The van der Waals surface area contributed by atoms with Crippen LogP contribution in [0, 0.1) is 10.1 Å². The summed E-state index contributed by atoms with van der Waals surface area (Å²) in [6, 6.07) is 11.7. The second-order valence-electron chi connectivity index (χ2n) is 7.21. The third kappa shape index (κ3) is 4.25. The fourth-order valence-electron chi connectivity index (χ4n) is 3.58. The Morgan fingerprint density at radius 1 is 1.07 bits per heavy atom. The molecule has 0 fully saturated rings. The first kappa shape index (κ1) is 20.2. The molecule has 2 heterocycles. The molecule has 1 aliphatic rings. The highest BCUT2D eigenvalue weighted by atomic mass is 79.9. The number of anilines is 1. The molecule has 30 heavy (non-hydrogen) atoms. The number of halogens is 1. The predicted molar refractivity (Wildman–Crippen MR) is 116 cm³/mol. The number of fused-ring (bicyclic) bond motifs is 1. The summed E-state index contributed by atoms with van der Waals surface area (Å²) in [6.45, 7) is 0.915. The minimum absolute atomic E-state index is 0.152. The summed E-state index contributed by atoms with van der Waals surface area (Å²) in [7, 11) is 0. The van der Waals surface area contributed by atoms with E-state index in [1.54, 1.807) is 12.1 Å². The van der Waals surface area contributed by atoms with Gasteiger partial charge in [-0.3, -0.25) is 14.9 Å². The highest BCUT2D eigenvalue weighted by molar-refractivity contribution is 9.10. The first-order chi connectivity index (χ1) is 14.5. The van der Waals surface area contributed by atoms with Gasteiger partial charge in [0.15, 0.2) is 5.82 Å². The molecule has 8 nitrogen and oxygen atoms in total. The molecule has 0 unspecified atom stereocenters. The van der Waals surface area contributed by atoms with E-state index in [1.807, 2.05) is 12.1 Å². The van der Waals surface area contributed by atoms with Crippen molar-refractivity contribution < 1.29 is 9.72 Å². The number of nitrogens with zero attached hydrogens (tertiary/aromatic N) is 4. The first-order valence-corrected chi connectivity index (χ1v) is 10.6. The largest absolute Gasteiger partial charge is 0.322 e. The normalized spacial score (nSPS) is 13.8. The van der Waals surface area contributed by atoms with Crippen LogP contribution in [0.4, 0.5) is 11.4 Å². The molecule has 0 radical (unpaired) electrons. The number of hydrogen-bond acceptors (Lipinski definition) is 5. The van der Waals surface area contributed by atoms with E-state index < -0.39 is 10.8 Å². The lowest BCUT2D eigenvalue weighted by Gasteiger charge is -2.13. The number of nitro benzene ring substituents is 1. The number of carbonyl (C=O) groups is 1. The smallest absolute Gasteiger partial charge is 0.284 e. The summed E-state index contributed by atoms with van der Waals surface area (Å²) in [5.41, 5.74) is 1.60. The Balaban J connectivity index is 1.51. The van der Waals surface area contributed by atoms with Crippen molar-refractivity contribution in [3.8, 4) is 11.4 Å². The number of carbonyl (C=O) groups excluding carboxylic acids is 1. The van der Waals surface area contributed by atoms with Crippen molar-refractivity contribution in [1.29, 1.82) is 0 Å². The zero-order valence-corrected chi connectivity index (χ0v) is 17.8. The van der Waals surface area contributed by atoms with Crippen molar-refractivity contribution in [1.82, 2.24) is 14.8 Å². The van der Waals surface area contributed by atoms with Crippen LogP contribution in [0.25, 0.3) is 11.4 Å². The van der Waals surface area contributed by atoms with Crippen LogP contribution >= 0.6 is 15.9 Å². The summed E-state index contributed by atoms with van der Waals surface area (Å²) in [4.78, 5) is 23.1. The van der Waals surface area contributed by atoms with E-state index in [0.717, 1.165) is 43.0 Å². The number of hydrogen-bond donors (Lipinski definition) is 1. The van der Waals surface area contributed by atoms with Gasteiger partial charge in [-0.1, -0.05) is 12.8 Å². The Morgan fingerprint density at radius 2 is 1.83 bits per heavy atom. The second-order valence-corrected chi connectivity index (χ2v) is 8.06. The maximum Gasteiger partial charge on any atom is 0.284 e. The first-order valence-electron chi connectivity index (χ1n) is 9.81. The zero-order chi connectivity index (χ0) is 21.1. The van der Waals surface area contributed by atoms with Crippen LogP contribution in [0.2, 0.25) is 0 Å². The molecule has 1 aliphatic heterocycles. The quantitative estimate of drug-likeness (QED) is 0.428. The molecule has 154 valence electrons. The number of nitrogens with one attached hydrogen (secondary N) is 1. The van der Waals surface area contributed by atoms with Crippen LogP contribution in [-0.2, 0) is 13.0 Å². The lowest BCUT2D eigenvalue weighted by molar-refractivity contribution is -0.385. The summed E-state index contributed by atoms with van der Waals surface area (Å²) in [5.74, 6) is 1.46. The van der Waals surface area contributed by atoms with Gasteiger partial charge in [0.25, 0.3) is 11.6 Å². The fourth-order valence-corrected chi connectivity index (χ4v) is 3.97. The van der Waals surface area contributed by atoms with Gasteiger partial charge in [0.05, 0.1) is 9.40 Å². The van der Waals surface area contributed by atoms with E-state index in [2.05, 4.69) is 36.0 Å². The molecule has 1 N–H and O–H groups in total. The average Bonchev–Trinajstić information content (AvgIpc) is 3.10. The summed E-state index contributed by atoms with van der Waals surface area (Å²) in [5, 5.41) is 22.6. The van der Waals surface area contributed by atoms with Crippen LogP contribution in [-0.4, -0.2) is 25.6 Å². The Kier molecular flexibility index (Phi) is 5.89. The van der Waals surface area contributed by atoms with Crippen molar-refractivity contribution >= 4 is 33.2 Å². The van der Waals surface area contributed by atoms with Gasteiger partial charge < -0.3 is 9.88 Å². The van der Waals surface area contributed by atoms with Crippen molar-refractivity contribution in [2.45, 2.75) is 38.6 Å². The molecule has 0 aliphatic carbocycles. The van der Waals surface area contributed by atoms with Gasteiger partial charge in [-0.25, -0.2) is 0 Å². The van der Waals surface area contributed by atoms with Crippen LogP contribution in [0.1, 0.15) is 41.9 Å². The monoisotopic (exact) mass is 469 g/mol. The molecule has 1 aromatic heterocycles. The number of amides is 1. The highest BCUT2D eigenvalue weighted by Crippen LogP contribution is 2.27. The summed E-state index contributed by atoms with van der Waals surface area (Å²) >= 11 is 3.12. The molecule has 0 saturated carbocycles. The molecule has 0 bridgehead atoms. The van der Waals surface area contributed by atoms with Gasteiger partial charge in [0.1, 0.15) is 5.82 Å². The number of nitro groups is 1. The SMILES string of the molecule is O=C(Nc1ccc(-c2nnc3n2CCCCCC3)cc1)c1ccc(Br)c([N+](=O)[O-])c1. The molecular formula is C21H20BrN5O3. The molecule has 1 amide bonds. The molecular weight excluding hydrogens is 450 g/mol. The number of rotatable bonds is 4. The Labute approximate surface area is 181 Å². The van der Waals surface area contributed by atoms with Crippen LogP contribution in [0.5, 0.6) is 0 Å². The number of aryl methyl sites for hydroxylation is 1. The van der Waals surface area contributed by atoms with E-state index in [4.69, 9.17) is 0 Å². The van der Waals surface area contributed by atoms with Crippen LogP contribution in [0.3, 0.4) is 0 Å². The third-order valence-electron chi connectivity index (χ3n) is 5.17. The maximum absolute atomic E-state index is 12.5. The van der Waals surface area contributed by atoms with Crippen molar-refractivity contribution in [3.05, 3.63) is 68.4 Å². The maximum atomic E-state index is 12.5. The number of aromatic nitrogens is 3. The van der Waals surface area contributed by atoms with Crippen LogP contribution < -0.4 is 5.32 Å². The third-order valence-corrected chi connectivity index (χ3v) is 5.84. The Bertz CT molecular complexity index is 1090. The van der Waals surface area contributed by atoms with Gasteiger partial charge in [-0.15, -0.1) is 10.2 Å². The summed E-state index contributed by atoms with van der Waals surface area (Å²) in [6.07, 6.45) is 5.65. The van der Waals surface area contributed by atoms with E-state index in [9.17, 15) is 14.9 Å².